The normalized spacial score (nSPS) is 23.2. The highest BCUT2D eigenvalue weighted by atomic mass is 32.2. The summed E-state index contributed by atoms with van der Waals surface area (Å²) in [5.74, 6) is 3.97. The quantitative estimate of drug-likeness (QED) is 0.901. The minimum Gasteiger partial charge on any atom is -0.308 e. The summed E-state index contributed by atoms with van der Waals surface area (Å²) in [6.07, 6.45) is 0. The maximum Gasteiger partial charge on any atom is 0.0389 e. The summed E-state index contributed by atoms with van der Waals surface area (Å²) in [4.78, 5) is 1.49. The summed E-state index contributed by atoms with van der Waals surface area (Å²) in [5, 5.41) is 6.67. The Morgan fingerprint density at radius 1 is 1.50 bits per heavy atom. The molecule has 0 radical (unpaired) electrons. The molecule has 0 aliphatic carbocycles. The van der Waals surface area contributed by atoms with Crippen LogP contribution in [0.15, 0.2) is 11.4 Å². The summed E-state index contributed by atoms with van der Waals surface area (Å²) in [6, 6.07) is 2.72. The standard InChI is InChI=1S/C12H19NS3/c1-9-3-4-16-12(9)10(2)13-7-11-8-14-5-6-15-11/h3-4,10-11,13H,5-8H2,1-2H3. The van der Waals surface area contributed by atoms with Crippen molar-refractivity contribution >= 4 is 34.9 Å². The lowest BCUT2D eigenvalue weighted by molar-refractivity contribution is 0.583. The number of thioether (sulfide) groups is 2. The summed E-state index contributed by atoms with van der Waals surface area (Å²) in [6.45, 7) is 5.63. The van der Waals surface area contributed by atoms with Crippen LogP contribution >= 0.6 is 34.9 Å². The second-order valence-corrected chi connectivity index (χ2v) is 7.67. The summed E-state index contributed by atoms with van der Waals surface area (Å²) in [5.41, 5.74) is 1.43. The molecule has 1 aliphatic heterocycles. The first-order valence-electron chi connectivity index (χ1n) is 5.74. The van der Waals surface area contributed by atoms with E-state index in [1.165, 1.54) is 27.7 Å². The Morgan fingerprint density at radius 2 is 2.38 bits per heavy atom. The number of hydrogen-bond donors (Lipinski definition) is 1. The Labute approximate surface area is 111 Å². The zero-order valence-electron chi connectivity index (χ0n) is 9.86. The van der Waals surface area contributed by atoms with Gasteiger partial charge in [0.1, 0.15) is 0 Å². The highest BCUT2D eigenvalue weighted by molar-refractivity contribution is 8.06. The van der Waals surface area contributed by atoms with Gasteiger partial charge in [0, 0.05) is 40.0 Å². The van der Waals surface area contributed by atoms with Gasteiger partial charge in [-0.15, -0.1) is 11.3 Å². The number of rotatable bonds is 4. The average molecular weight is 273 g/mol. The molecule has 1 aromatic heterocycles. The van der Waals surface area contributed by atoms with Crippen molar-refractivity contribution in [3.8, 4) is 0 Å². The highest BCUT2D eigenvalue weighted by Crippen LogP contribution is 2.26. The zero-order chi connectivity index (χ0) is 11.4. The van der Waals surface area contributed by atoms with E-state index in [-0.39, 0.29) is 0 Å². The molecule has 1 nitrogen and oxygen atoms in total. The maximum absolute atomic E-state index is 3.67. The molecule has 2 rings (SSSR count). The first-order chi connectivity index (χ1) is 7.77. The van der Waals surface area contributed by atoms with Crippen molar-refractivity contribution in [2.24, 2.45) is 0 Å². The molecular formula is C12H19NS3. The van der Waals surface area contributed by atoms with Gasteiger partial charge < -0.3 is 5.32 Å². The van der Waals surface area contributed by atoms with Gasteiger partial charge >= 0.3 is 0 Å². The van der Waals surface area contributed by atoms with Crippen LogP contribution in [0, 0.1) is 6.92 Å². The molecule has 1 N–H and O–H groups in total. The molecule has 90 valence electrons. The van der Waals surface area contributed by atoms with Gasteiger partial charge in [-0.25, -0.2) is 0 Å². The molecule has 0 bridgehead atoms. The molecule has 4 heteroatoms. The minimum atomic E-state index is 0.507. The third-order valence-electron chi connectivity index (χ3n) is 2.83. The van der Waals surface area contributed by atoms with Crippen molar-refractivity contribution in [1.82, 2.24) is 5.32 Å². The van der Waals surface area contributed by atoms with E-state index < -0.39 is 0 Å². The number of thiophene rings is 1. The van der Waals surface area contributed by atoms with Crippen LogP contribution in [0.5, 0.6) is 0 Å². The monoisotopic (exact) mass is 273 g/mol. The largest absolute Gasteiger partial charge is 0.308 e. The van der Waals surface area contributed by atoms with Gasteiger partial charge in [0.2, 0.25) is 0 Å². The lowest BCUT2D eigenvalue weighted by Gasteiger charge is -2.23. The third-order valence-corrected chi connectivity index (χ3v) is 6.88. The molecule has 1 fully saturated rings. The van der Waals surface area contributed by atoms with Gasteiger partial charge in [-0.3, -0.25) is 0 Å². The lowest BCUT2D eigenvalue weighted by atomic mass is 10.2. The van der Waals surface area contributed by atoms with E-state index in [0.717, 1.165) is 11.8 Å². The molecule has 1 aromatic rings. The maximum atomic E-state index is 3.67. The first-order valence-corrected chi connectivity index (χ1v) is 8.82. The third kappa shape index (κ3) is 3.42. The van der Waals surface area contributed by atoms with Gasteiger partial charge in [0.25, 0.3) is 0 Å². The predicted molar refractivity (Wildman–Crippen MR) is 79.0 cm³/mol. The lowest BCUT2D eigenvalue weighted by Crippen LogP contribution is -2.30. The molecule has 0 spiro atoms. The minimum absolute atomic E-state index is 0.507. The van der Waals surface area contributed by atoms with Gasteiger partial charge in [0.05, 0.1) is 0 Å². The Bertz CT molecular complexity index is 318. The van der Waals surface area contributed by atoms with Crippen LogP contribution in [-0.2, 0) is 0 Å². The molecular weight excluding hydrogens is 254 g/mol. The van der Waals surface area contributed by atoms with Crippen LogP contribution in [0.1, 0.15) is 23.4 Å². The van der Waals surface area contributed by atoms with Crippen molar-refractivity contribution in [3.05, 3.63) is 21.9 Å². The van der Waals surface area contributed by atoms with Crippen molar-refractivity contribution in [3.63, 3.8) is 0 Å². The van der Waals surface area contributed by atoms with E-state index in [9.17, 15) is 0 Å². The first kappa shape index (κ1) is 12.8. The van der Waals surface area contributed by atoms with Crippen LogP contribution in [0.4, 0.5) is 0 Å². The number of hydrogen-bond acceptors (Lipinski definition) is 4. The van der Waals surface area contributed by atoms with Crippen LogP contribution in [-0.4, -0.2) is 29.1 Å². The second kappa shape index (κ2) is 6.34. The van der Waals surface area contributed by atoms with Crippen molar-refractivity contribution in [2.45, 2.75) is 25.1 Å². The molecule has 0 amide bonds. The fourth-order valence-corrected chi connectivity index (χ4v) is 5.47. The predicted octanol–water partition coefficient (Wildman–Crippen LogP) is 3.56. The fourth-order valence-electron chi connectivity index (χ4n) is 1.88. The molecule has 0 saturated carbocycles. The molecule has 0 aromatic carbocycles. The van der Waals surface area contributed by atoms with E-state index in [2.05, 4.69) is 54.1 Å². The molecule has 1 aliphatic rings. The van der Waals surface area contributed by atoms with E-state index in [1.807, 2.05) is 11.3 Å². The van der Waals surface area contributed by atoms with E-state index in [1.54, 1.807) is 0 Å². The number of nitrogens with one attached hydrogen (secondary N) is 1. The van der Waals surface area contributed by atoms with E-state index in [4.69, 9.17) is 0 Å². The second-order valence-electron chi connectivity index (χ2n) is 4.17. The number of aryl methyl sites for hydroxylation is 1. The average Bonchev–Trinajstić information content (AvgIpc) is 2.74. The van der Waals surface area contributed by atoms with Crippen molar-refractivity contribution in [2.75, 3.05) is 23.8 Å². The van der Waals surface area contributed by atoms with Gasteiger partial charge in [-0.05, 0) is 30.9 Å². The van der Waals surface area contributed by atoms with Crippen molar-refractivity contribution < 1.29 is 0 Å². The topological polar surface area (TPSA) is 12.0 Å². The molecule has 2 atom stereocenters. The van der Waals surface area contributed by atoms with Crippen LogP contribution in [0.3, 0.4) is 0 Å². The van der Waals surface area contributed by atoms with Crippen LogP contribution in [0.2, 0.25) is 0 Å². The summed E-state index contributed by atoms with van der Waals surface area (Å²) < 4.78 is 0. The zero-order valence-corrected chi connectivity index (χ0v) is 12.3. The van der Waals surface area contributed by atoms with Gasteiger partial charge in [-0.2, -0.15) is 23.5 Å². The molecule has 1 saturated heterocycles. The van der Waals surface area contributed by atoms with Crippen LogP contribution < -0.4 is 5.32 Å². The molecule has 16 heavy (non-hydrogen) atoms. The Hall–Kier alpha value is 0.360. The van der Waals surface area contributed by atoms with E-state index in [0.29, 0.717) is 6.04 Å². The SMILES string of the molecule is Cc1ccsc1C(C)NCC1CSCCS1. The molecule has 2 heterocycles. The highest BCUT2D eigenvalue weighted by Gasteiger charge is 2.16. The van der Waals surface area contributed by atoms with Crippen molar-refractivity contribution in [1.29, 1.82) is 0 Å². The van der Waals surface area contributed by atoms with Crippen LogP contribution in [0.25, 0.3) is 0 Å². The summed E-state index contributed by atoms with van der Waals surface area (Å²) in [7, 11) is 0. The smallest absolute Gasteiger partial charge is 0.0389 e. The van der Waals surface area contributed by atoms with E-state index >= 15 is 0 Å². The Balaban J connectivity index is 1.79. The summed E-state index contributed by atoms with van der Waals surface area (Å²) >= 11 is 6.09. The molecule has 2 unspecified atom stereocenters. The Kier molecular flexibility index (Phi) is 5.07. The van der Waals surface area contributed by atoms with Gasteiger partial charge in [-0.1, -0.05) is 0 Å². The van der Waals surface area contributed by atoms with Gasteiger partial charge in [0.15, 0.2) is 0 Å². The Morgan fingerprint density at radius 3 is 3.00 bits per heavy atom. The fraction of sp³-hybridized carbons (Fsp3) is 0.667.